The zero-order chi connectivity index (χ0) is 11.5. The Labute approximate surface area is 93.9 Å². The van der Waals surface area contributed by atoms with E-state index in [2.05, 4.69) is 5.43 Å². The Morgan fingerprint density at radius 3 is 2.53 bits per heavy atom. The highest BCUT2D eigenvalue weighted by Crippen LogP contribution is 2.42. The minimum Gasteiger partial charge on any atom is -0.323 e. The molecule has 0 saturated heterocycles. The molecule has 3 N–H and O–H groups in total. The van der Waals surface area contributed by atoms with Crippen LogP contribution in [0.1, 0.15) is 5.56 Å². The van der Waals surface area contributed by atoms with Gasteiger partial charge >= 0.3 is 5.51 Å². The molecule has 0 spiro atoms. The molecular formula is C8H8ClF3N2S. The van der Waals surface area contributed by atoms with Crippen molar-refractivity contribution in [2.45, 2.75) is 16.3 Å². The largest absolute Gasteiger partial charge is 0.446 e. The number of nitrogens with one attached hydrogen (secondary N) is 1. The second kappa shape index (κ2) is 4.96. The zero-order valence-corrected chi connectivity index (χ0v) is 9.01. The molecule has 7 heteroatoms. The van der Waals surface area contributed by atoms with Crippen LogP contribution in [0.3, 0.4) is 0 Å². The third kappa shape index (κ3) is 3.48. The second-order valence-electron chi connectivity index (χ2n) is 2.62. The number of hydrazine groups is 1. The Bertz CT molecular complexity index is 321. The molecule has 2 nitrogen and oxygen atoms in total. The van der Waals surface area contributed by atoms with E-state index < -0.39 is 5.51 Å². The van der Waals surface area contributed by atoms with E-state index in [0.717, 1.165) is 0 Å². The monoisotopic (exact) mass is 256 g/mol. The van der Waals surface area contributed by atoms with E-state index in [0.29, 0.717) is 5.56 Å². The van der Waals surface area contributed by atoms with Crippen molar-refractivity contribution in [2.24, 2.45) is 5.84 Å². The van der Waals surface area contributed by atoms with Crippen molar-refractivity contribution in [3.63, 3.8) is 0 Å². The number of halogens is 4. The number of benzene rings is 1. The van der Waals surface area contributed by atoms with Crippen LogP contribution >= 0.6 is 23.4 Å². The molecule has 0 bridgehead atoms. The van der Waals surface area contributed by atoms with Crippen molar-refractivity contribution < 1.29 is 13.2 Å². The highest BCUT2D eigenvalue weighted by Gasteiger charge is 2.31. The first-order valence-corrected chi connectivity index (χ1v) is 5.23. The molecule has 1 rings (SSSR count). The first-order valence-electron chi connectivity index (χ1n) is 3.88. The summed E-state index contributed by atoms with van der Waals surface area (Å²) in [6.45, 7) is 0. The molecular weight excluding hydrogens is 249 g/mol. The van der Waals surface area contributed by atoms with Crippen molar-refractivity contribution in [1.82, 2.24) is 0 Å². The SMILES string of the molecule is NNc1cccc(CCl)c1SC(F)(F)F. The third-order valence-corrected chi connectivity index (χ3v) is 2.82. The Morgan fingerprint density at radius 1 is 1.40 bits per heavy atom. The number of thioether (sulfide) groups is 1. The molecule has 0 aliphatic rings. The number of hydrogen-bond donors (Lipinski definition) is 2. The maximum absolute atomic E-state index is 12.2. The molecule has 84 valence electrons. The molecule has 0 atom stereocenters. The van der Waals surface area contributed by atoms with Crippen LogP contribution < -0.4 is 11.3 Å². The molecule has 0 radical (unpaired) electrons. The van der Waals surface area contributed by atoms with E-state index in [9.17, 15) is 13.2 Å². The standard InChI is InChI=1S/C8H8ClF3N2S/c9-4-5-2-1-3-6(14-13)7(5)15-8(10,11)12/h1-3,14H,4,13H2. The van der Waals surface area contributed by atoms with Crippen molar-refractivity contribution in [3.05, 3.63) is 23.8 Å². The maximum Gasteiger partial charge on any atom is 0.446 e. The number of nitrogen functional groups attached to an aromatic ring is 1. The average Bonchev–Trinajstić information content (AvgIpc) is 2.16. The van der Waals surface area contributed by atoms with Gasteiger partial charge in [-0.05, 0) is 23.4 Å². The summed E-state index contributed by atoms with van der Waals surface area (Å²) in [4.78, 5) is 0.0162. The predicted molar refractivity (Wildman–Crippen MR) is 55.7 cm³/mol. The number of nitrogens with two attached hydrogens (primary N) is 1. The first kappa shape index (κ1) is 12.5. The normalized spacial score (nSPS) is 11.5. The fraction of sp³-hybridized carbons (Fsp3) is 0.250. The summed E-state index contributed by atoms with van der Waals surface area (Å²) >= 11 is 5.32. The molecule has 0 unspecified atom stereocenters. The number of rotatable bonds is 3. The lowest BCUT2D eigenvalue weighted by atomic mass is 10.2. The fourth-order valence-electron chi connectivity index (χ4n) is 1.04. The minimum absolute atomic E-state index is 0.00787. The number of hydrogen-bond acceptors (Lipinski definition) is 3. The van der Waals surface area contributed by atoms with E-state index >= 15 is 0 Å². The Hall–Kier alpha value is -0.590. The molecule has 0 aliphatic heterocycles. The summed E-state index contributed by atoms with van der Waals surface area (Å²) in [7, 11) is 0. The summed E-state index contributed by atoms with van der Waals surface area (Å²) in [5, 5.41) is 0. The second-order valence-corrected chi connectivity index (χ2v) is 3.96. The third-order valence-electron chi connectivity index (χ3n) is 1.61. The van der Waals surface area contributed by atoms with Crippen molar-refractivity contribution >= 4 is 29.1 Å². The summed E-state index contributed by atoms with van der Waals surface area (Å²) in [5.41, 5.74) is -1.52. The van der Waals surface area contributed by atoms with Gasteiger partial charge in [0, 0.05) is 10.8 Å². The summed E-state index contributed by atoms with van der Waals surface area (Å²) in [6.07, 6.45) is 0. The summed E-state index contributed by atoms with van der Waals surface area (Å²) < 4.78 is 36.7. The van der Waals surface area contributed by atoms with Crippen LogP contribution in [0.4, 0.5) is 18.9 Å². The van der Waals surface area contributed by atoms with E-state index in [1.54, 1.807) is 6.07 Å². The smallest absolute Gasteiger partial charge is 0.323 e. The quantitative estimate of drug-likeness (QED) is 0.377. The fourth-order valence-corrected chi connectivity index (χ4v) is 2.08. The molecule has 0 saturated carbocycles. The minimum atomic E-state index is -4.35. The molecule has 0 amide bonds. The van der Waals surface area contributed by atoms with Gasteiger partial charge in [-0.3, -0.25) is 5.84 Å². The average molecular weight is 257 g/mol. The van der Waals surface area contributed by atoms with Crippen LogP contribution in [0.15, 0.2) is 23.1 Å². The van der Waals surface area contributed by atoms with Gasteiger partial charge < -0.3 is 5.43 Å². The van der Waals surface area contributed by atoms with Crippen LogP contribution in [0, 0.1) is 0 Å². The molecule has 15 heavy (non-hydrogen) atoms. The number of anilines is 1. The summed E-state index contributed by atoms with van der Waals surface area (Å²) in [5.74, 6) is 5.13. The molecule has 1 aromatic rings. The van der Waals surface area contributed by atoms with E-state index in [-0.39, 0.29) is 28.2 Å². The van der Waals surface area contributed by atoms with Gasteiger partial charge in [0.1, 0.15) is 0 Å². The van der Waals surface area contributed by atoms with Gasteiger partial charge in [-0.1, -0.05) is 12.1 Å². The van der Waals surface area contributed by atoms with Crippen LogP contribution in [0.25, 0.3) is 0 Å². The van der Waals surface area contributed by atoms with Crippen molar-refractivity contribution in [1.29, 1.82) is 0 Å². The lowest BCUT2D eigenvalue weighted by Gasteiger charge is -2.13. The van der Waals surface area contributed by atoms with Crippen LogP contribution in [0.5, 0.6) is 0 Å². The van der Waals surface area contributed by atoms with Crippen molar-refractivity contribution in [2.75, 3.05) is 5.43 Å². The van der Waals surface area contributed by atoms with Crippen LogP contribution in [0.2, 0.25) is 0 Å². The lowest BCUT2D eigenvalue weighted by Crippen LogP contribution is -2.10. The molecule has 0 heterocycles. The van der Waals surface area contributed by atoms with E-state index in [4.69, 9.17) is 17.4 Å². The predicted octanol–water partition coefficient (Wildman–Crippen LogP) is 3.32. The van der Waals surface area contributed by atoms with Gasteiger partial charge in [-0.25, -0.2) is 0 Å². The molecule has 0 aliphatic carbocycles. The first-order chi connectivity index (χ1) is 6.98. The van der Waals surface area contributed by atoms with Gasteiger partial charge in [0.05, 0.1) is 5.69 Å². The molecule has 0 fully saturated rings. The van der Waals surface area contributed by atoms with Crippen molar-refractivity contribution in [3.8, 4) is 0 Å². The van der Waals surface area contributed by atoms with Gasteiger partial charge in [-0.15, -0.1) is 11.6 Å². The van der Waals surface area contributed by atoms with Gasteiger partial charge in [0.25, 0.3) is 0 Å². The van der Waals surface area contributed by atoms with Crippen LogP contribution in [-0.4, -0.2) is 5.51 Å². The summed E-state index contributed by atoms with van der Waals surface area (Å²) in [6, 6.07) is 4.58. The molecule has 0 aromatic heterocycles. The highest BCUT2D eigenvalue weighted by molar-refractivity contribution is 8.00. The van der Waals surface area contributed by atoms with Gasteiger partial charge in [-0.2, -0.15) is 13.2 Å². The van der Waals surface area contributed by atoms with E-state index in [1.807, 2.05) is 0 Å². The zero-order valence-electron chi connectivity index (χ0n) is 7.44. The lowest BCUT2D eigenvalue weighted by molar-refractivity contribution is -0.0328. The Kier molecular flexibility index (Phi) is 4.12. The van der Waals surface area contributed by atoms with Crippen LogP contribution in [-0.2, 0) is 5.88 Å². The number of alkyl halides is 4. The highest BCUT2D eigenvalue weighted by atomic mass is 35.5. The maximum atomic E-state index is 12.2. The van der Waals surface area contributed by atoms with E-state index in [1.165, 1.54) is 12.1 Å². The topological polar surface area (TPSA) is 38.0 Å². The van der Waals surface area contributed by atoms with Gasteiger partial charge in [0.15, 0.2) is 0 Å². The Morgan fingerprint density at radius 2 is 2.07 bits per heavy atom. The molecule has 1 aromatic carbocycles. The van der Waals surface area contributed by atoms with Gasteiger partial charge in [0.2, 0.25) is 0 Å². The Balaban J connectivity index is 3.11.